The lowest BCUT2D eigenvalue weighted by Crippen LogP contribution is -1.96. The molecule has 2 N–H and O–H groups in total. The molecule has 1 aromatic carbocycles. The Labute approximate surface area is 130 Å². The van der Waals surface area contributed by atoms with Gasteiger partial charge in [0, 0.05) is 19.3 Å². The van der Waals surface area contributed by atoms with Crippen LogP contribution in [0, 0.1) is 0 Å². The van der Waals surface area contributed by atoms with E-state index in [0.717, 1.165) is 13.2 Å². The molecule has 0 unspecified atom stereocenters. The molecule has 0 radical (unpaired) electrons. The maximum Gasteiger partial charge on any atom is 0.119 e. The van der Waals surface area contributed by atoms with Gasteiger partial charge in [-0.1, -0.05) is 58.4 Å². The molecule has 0 aromatic heterocycles. The van der Waals surface area contributed by atoms with Crippen LogP contribution in [0.1, 0.15) is 65.2 Å². The summed E-state index contributed by atoms with van der Waals surface area (Å²) in [5.41, 5.74) is 0. The largest absolute Gasteiger partial charge is 0.508 e. The average Bonchev–Trinajstić information content (AvgIpc) is 2.46. The van der Waals surface area contributed by atoms with Gasteiger partial charge >= 0.3 is 0 Å². The highest BCUT2D eigenvalue weighted by Crippen LogP contribution is 2.14. The number of phenols is 2. The van der Waals surface area contributed by atoms with Gasteiger partial charge in [-0.15, -0.1) is 0 Å². The van der Waals surface area contributed by atoms with Crippen LogP contribution in [0.15, 0.2) is 24.3 Å². The molecule has 3 heteroatoms. The minimum absolute atomic E-state index is 0.0880. The van der Waals surface area contributed by atoms with Crippen LogP contribution in [0.4, 0.5) is 0 Å². The molecule has 0 aliphatic carbocycles. The molecule has 1 rings (SSSR count). The minimum atomic E-state index is 0.0880. The van der Waals surface area contributed by atoms with Gasteiger partial charge < -0.3 is 14.9 Å². The summed E-state index contributed by atoms with van der Waals surface area (Å²) in [4.78, 5) is 0. The van der Waals surface area contributed by atoms with Gasteiger partial charge in [0.2, 0.25) is 0 Å². The zero-order chi connectivity index (χ0) is 15.8. The number of rotatable bonds is 10. The van der Waals surface area contributed by atoms with E-state index in [9.17, 15) is 0 Å². The lowest BCUT2D eigenvalue weighted by molar-refractivity contribution is 0.126. The number of ether oxygens (including phenoxy) is 1. The number of unbranched alkanes of at least 4 members (excludes halogenated alkanes) is 6. The molecule has 0 amide bonds. The second-order valence-corrected chi connectivity index (χ2v) is 5.25. The second-order valence-electron chi connectivity index (χ2n) is 5.25. The van der Waals surface area contributed by atoms with Crippen molar-refractivity contribution in [2.45, 2.75) is 65.2 Å². The molecule has 0 atom stereocenters. The summed E-state index contributed by atoms with van der Waals surface area (Å²) in [7, 11) is 0. The summed E-state index contributed by atoms with van der Waals surface area (Å²) in [6, 6.07) is 5.85. The first-order valence-corrected chi connectivity index (χ1v) is 8.26. The standard InChI is InChI=1S/C12H26O.C6H6O2/c1-3-5-7-9-11-13-12-10-8-6-4-2;7-5-2-1-3-6(8)4-5/h3-12H2,1-2H3;1-4,7-8H. The monoisotopic (exact) mass is 296 g/mol. The Morgan fingerprint density at radius 3 is 1.57 bits per heavy atom. The Morgan fingerprint density at radius 2 is 1.24 bits per heavy atom. The highest BCUT2D eigenvalue weighted by atomic mass is 16.5. The van der Waals surface area contributed by atoms with Gasteiger partial charge in [-0.3, -0.25) is 0 Å². The molecule has 122 valence electrons. The zero-order valence-electron chi connectivity index (χ0n) is 13.7. The zero-order valence-corrected chi connectivity index (χ0v) is 13.7. The van der Waals surface area contributed by atoms with Gasteiger partial charge in [-0.2, -0.15) is 0 Å². The van der Waals surface area contributed by atoms with E-state index in [2.05, 4.69) is 13.8 Å². The van der Waals surface area contributed by atoms with E-state index in [1.807, 2.05) is 0 Å². The van der Waals surface area contributed by atoms with Crippen molar-refractivity contribution in [2.75, 3.05) is 13.2 Å². The van der Waals surface area contributed by atoms with E-state index in [-0.39, 0.29) is 11.5 Å². The predicted molar refractivity (Wildman–Crippen MR) is 88.9 cm³/mol. The number of phenolic OH excluding ortho intramolecular Hbond substituents is 2. The second kappa shape index (κ2) is 15.2. The molecular weight excluding hydrogens is 264 g/mol. The van der Waals surface area contributed by atoms with Crippen LogP contribution in [-0.2, 0) is 4.74 Å². The third-order valence-electron chi connectivity index (χ3n) is 3.11. The highest BCUT2D eigenvalue weighted by Gasteiger charge is 1.90. The van der Waals surface area contributed by atoms with E-state index in [1.54, 1.807) is 6.07 Å². The number of benzene rings is 1. The van der Waals surface area contributed by atoms with E-state index in [0.29, 0.717) is 0 Å². The first-order valence-electron chi connectivity index (χ1n) is 8.26. The van der Waals surface area contributed by atoms with Gasteiger partial charge in [0.25, 0.3) is 0 Å². The summed E-state index contributed by atoms with van der Waals surface area (Å²) in [5.74, 6) is 0.176. The maximum atomic E-state index is 8.65. The summed E-state index contributed by atoms with van der Waals surface area (Å²) in [6.07, 6.45) is 10.5. The minimum Gasteiger partial charge on any atom is -0.508 e. The Bertz CT molecular complexity index is 299. The predicted octanol–water partition coefficient (Wildman–Crippen LogP) is 5.26. The molecule has 0 bridgehead atoms. The van der Waals surface area contributed by atoms with Crippen molar-refractivity contribution in [3.63, 3.8) is 0 Å². The fourth-order valence-corrected chi connectivity index (χ4v) is 1.86. The summed E-state index contributed by atoms with van der Waals surface area (Å²) in [5, 5.41) is 17.3. The van der Waals surface area contributed by atoms with Gasteiger partial charge in [0.05, 0.1) is 0 Å². The smallest absolute Gasteiger partial charge is 0.119 e. The maximum absolute atomic E-state index is 8.65. The quantitative estimate of drug-likeness (QED) is 0.579. The van der Waals surface area contributed by atoms with Crippen molar-refractivity contribution in [3.8, 4) is 11.5 Å². The van der Waals surface area contributed by atoms with Crippen LogP contribution >= 0.6 is 0 Å². The topological polar surface area (TPSA) is 49.7 Å². The van der Waals surface area contributed by atoms with E-state index in [1.165, 1.54) is 69.6 Å². The first kappa shape index (κ1) is 19.8. The lowest BCUT2D eigenvalue weighted by Gasteiger charge is -2.03. The normalized spacial score (nSPS) is 10.0. The van der Waals surface area contributed by atoms with Crippen LogP contribution in [0.25, 0.3) is 0 Å². The Morgan fingerprint density at radius 1 is 0.762 bits per heavy atom. The molecule has 0 aliphatic heterocycles. The van der Waals surface area contributed by atoms with Gasteiger partial charge in [0.15, 0.2) is 0 Å². The highest BCUT2D eigenvalue weighted by molar-refractivity contribution is 5.30. The van der Waals surface area contributed by atoms with Gasteiger partial charge in [0.1, 0.15) is 11.5 Å². The fourth-order valence-electron chi connectivity index (χ4n) is 1.86. The molecule has 0 saturated heterocycles. The molecule has 0 saturated carbocycles. The number of hydrogen-bond acceptors (Lipinski definition) is 3. The Hall–Kier alpha value is -1.22. The van der Waals surface area contributed by atoms with Crippen LogP contribution in [0.3, 0.4) is 0 Å². The molecule has 1 aromatic rings. The fraction of sp³-hybridized carbons (Fsp3) is 0.667. The van der Waals surface area contributed by atoms with Crippen LogP contribution in [0.5, 0.6) is 11.5 Å². The van der Waals surface area contributed by atoms with Crippen LogP contribution in [-0.4, -0.2) is 23.4 Å². The van der Waals surface area contributed by atoms with E-state index >= 15 is 0 Å². The van der Waals surface area contributed by atoms with Crippen molar-refractivity contribution in [3.05, 3.63) is 24.3 Å². The Balaban J connectivity index is 0.000000423. The molecule has 0 aliphatic rings. The van der Waals surface area contributed by atoms with Gasteiger partial charge in [-0.25, -0.2) is 0 Å². The Kier molecular flexibility index (Phi) is 14.3. The van der Waals surface area contributed by atoms with Crippen molar-refractivity contribution in [1.29, 1.82) is 0 Å². The van der Waals surface area contributed by atoms with Crippen molar-refractivity contribution < 1.29 is 14.9 Å². The molecule has 0 fully saturated rings. The van der Waals surface area contributed by atoms with Crippen molar-refractivity contribution in [1.82, 2.24) is 0 Å². The third kappa shape index (κ3) is 15.0. The van der Waals surface area contributed by atoms with E-state index < -0.39 is 0 Å². The van der Waals surface area contributed by atoms with Gasteiger partial charge in [-0.05, 0) is 25.0 Å². The van der Waals surface area contributed by atoms with Crippen LogP contribution in [0.2, 0.25) is 0 Å². The molecular formula is C18H32O3. The number of hydrogen-bond donors (Lipinski definition) is 2. The first-order chi connectivity index (χ1) is 10.2. The lowest BCUT2D eigenvalue weighted by atomic mass is 10.2. The molecule has 21 heavy (non-hydrogen) atoms. The van der Waals surface area contributed by atoms with E-state index in [4.69, 9.17) is 14.9 Å². The number of aromatic hydroxyl groups is 2. The van der Waals surface area contributed by atoms with Crippen molar-refractivity contribution in [2.24, 2.45) is 0 Å². The van der Waals surface area contributed by atoms with Crippen LogP contribution < -0.4 is 0 Å². The summed E-state index contributed by atoms with van der Waals surface area (Å²) >= 11 is 0. The summed E-state index contributed by atoms with van der Waals surface area (Å²) < 4.78 is 5.53. The molecule has 3 nitrogen and oxygen atoms in total. The average molecular weight is 296 g/mol. The molecule has 0 spiro atoms. The summed E-state index contributed by atoms with van der Waals surface area (Å²) in [6.45, 7) is 6.44. The van der Waals surface area contributed by atoms with Crippen molar-refractivity contribution >= 4 is 0 Å². The third-order valence-corrected chi connectivity index (χ3v) is 3.11. The molecule has 0 heterocycles. The SMILES string of the molecule is CCCCCCOCCCCCC.Oc1cccc(O)c1.